The molecule has 0 N–H and O–H groups in total. The van der Waals surface area contributed by atoms with Crippen LogP contribution < -0.4 is 0 Å². The maximum Gasteiger partial charge on any atom is 0.142 e. The van der Waals surface area contributed by atoms with Crippen LogP contribution in [0.1, 0.15) is 25.5 Å². The number of rotatable bonds is 2. The summed E-state index contributed by atoms with van der Waals surface area (Å²) < 4.78 is 0.992. The van der Waals surface area contributed by atoms with Crippen molar-refractivity contribution in [3.05, 3.63) is 33.9 Å². The van der Waals surface area contributed by atoms with Gasteiger partial charge in [-0.05, 0) is 34.0 Å². The van der Waals surface area contributed by atoms with Gasteiger partial charge in [-0.15, -0.1) is 11.3 Å². The van der Waals surface area contributed by atoms with Crippen LogP contribution >= 0.6 is 27.3 Å². The van der Waals surface area contributed by atoms with Crippen molar-refractivity contribution in [3.8, 4) is 10.7 Å². The van der Waals surface area contributed by atoms with Crippen LogP contribution in [0.5, 0.6) is 0 Å². The fourth-order valence-corrected chi connectivity index (χ4v) is 2.36. The van der Waals surface area contributed by atoms with Crippen LogP contribution in [-0.2, 0) is 0 Å². The second-order valence-electron chi connectivity index (χ2n) is 3.59. The number of hydrogen-bond donors (Lipinski definition) is 0. The highest BCUT2D eigenvalue weighted by molar-refractivity contribution is 9.10. The van der Waals surface area contributed by atoms with Crippen LogP contribution in [0.15, 0.2) is 28.2 Å². The van der Waals surface area contributed by atoms with E-state index in [-0.39, 0.29) is 0 Å². The van der Waals surface area contributed by atoms with Gasteiger partial charge in [-0.1, -0.05) is 13.8 Å². The SMILES string of the molecule is CC(C)c1csc(-c2ccc(Br)cn2)n1. The molecule has 15 heavy (non-hydrogen) atoms. The van der Waals surface area contributed by atoms with Crippen LogP contribution in [-0.4, -0.2) is 9.97 Å². The van der Waals surface area contributed by atoms with Gasteiger partial charge in [0.2, 0.25) is 0 Å². The predicted octanol–water partition coefficient (Wildman–Crippen LogP) is 4.09. The molecule has 0 fully saturated rings. The molecular formula is C11H11BrN2S. The van der Waals surface area contributed by atoms with Crippen LogP contribution in [0.25, 0.3) is 10.7 Å². The first-order valence-electron chi connectivity index (χ1n) is 4.74. The lowest BCUT2D eigenvalue weighted by Crippen LogP contribution is -1.87. The van der Waals surface area contributed by atoms with E-state index in [0.717, 1.165) is 20.9 Å². The van der Waals surface area contributed by atoms with Gasteiger partial charge in [0.1, 0.15) is 5.01 Å². The monoisotopic (exact) mass is 282 g/mol. The van der Waals surface area contributed by atoms with Gasteiger partial charge in [-0.25, -0.2) is 4.98 Å². The lowest BCUT2D eigenvalue weighted by molar-refractivity contribution is 0.834. The molecule has 0 saturated heterocycles. The summed E-state index contributed by atoms with van der Waals surface area (Å²) in [5.41, 5.74) is 2.08. The highest BCUT2D eigenvalue weighted by atomic mass is 79.9. The van der Waals surface area contributed by atoms with Gasteiger partial charge in [0.25, 0.3) is 0 Å². The summed E-state index contributed by atoms with van der Waals surface area (Å²) in [6, 6.07) is 3.96. The summed E-state index contributed by atoms with van der Waals surface area (Å²) >= 11 is 5.01. The van der Waals surface area contributed by atoms with E-state index in [1.54, 1.807) is 17.5 Å². The first-order chi connectivity index (χ1) is 7.16. The Hall–Kier alpha value is -0.740. The number of aromatic nitrogens is 2. The van der Waals surface area contributed by atoms with Gasteiger partial charge in [0, 0.05) is 16.0 Å². The highest BCUT2D eigenvalue weighted by Crippen LogP contribution is 2.25. The standard InChI is InChI=1S/C11H11BrN2S/c1-7(2)10-6-15-11(14-10)9-4-3-8(12)5-13-9/h3-7H,1-2H3. The molecule has 0 unspecified atom stereocenters. The van der Waals surface area contributed by atoms with E-state index in [0.29, 0.717) is 5.92 Å². The number of nitrogens with zero attached hydrogens (tertiary/aromatic N) is 2. The Kier molecular flexibility index (Phi) is 3.17. The van der Waals surface area contributed by atoms with Gasteiger partial charge in [-0.2, -0.15) is 0 Å². The summed E-state index contributed by atoms with van der Waals surface area (Å²) in [5, 5.41) is 3.09. The molecule has 0 amide bonds. The minimum atomic E-state index is 0.477. The lowest BCUT2D eigenvalue weighted by Gasteiger charge is -1.97. The van der Waals surface area contributed by atoms with Crippen molar-refractivity contribution >= 4 is 27.3 Å². The molecule has 0 aromatic carbocycles. The summed E-state index contributed by atoms with van der Waals surface area (Å²) in [6.07, 6.45) is 1.80. The molecular weight excluding hydrogens is 272 g/mol. The molecule has 0 atom stereocenters. The normalized spacial score (nSPS) is 10.9. The van der Waals surface area contributed by atoms with Gasteiger partial charge < -0.3 is 0 Å². The van der Waals surface area contributed by atoms with E-state index < -0.39 is 0 Å². The van der Waals surface area contributed by atoms with Crippen LogP contribution in [0.3, 0.4) is 0 Å². The Labute approximate surface area is 102 Å². The Morgan fingerprint density at radius 1 is 1.33 bits per heavy atom. The summed E-state index contributed by atoms with van der Waals surface area (Å²) in [5.74, 6) is 0.477. The third kappa shape index (κ3) is 2.44. The molecule has 2 rings (SSSR count). The lowest BCUT2D eigenvalue weighted by atomic mass is 10.2. The molecule has 0 aliphatic rings. The zero-order valence-electron chi connectivity index (χ0n) is 8.57. The van der Waals surface area contributed by atoms with E-state index in [1.165, 1.54) is 0 Å². The maximum absolute atomic E-state index is 4.55. The fourth-order valence-electron chi connectivity index (χ4n) is 1.17. The van der Waals surface area contributed by atoms with Crippen molar-refractivity contribution in [2.75, 3.05) is 0 Å². The minimum absolute atomic E-state index is 0.477. The maximum atomic E-state index is 4.55. The summed E-state index contributed by atoms with van der Waals surface area (Å²) in [4.78, 5) is 8.87. The molecule has 2 heterocycles. The zero-order chi connectivity index (χ0) is 10.8. The minimum Gasteiger partial charge on any atom is -0.253 e. The second-order valence-corrected chi connectivity index (χ2v) is 5.37. The molecule has 78 valence electrons. The number of thiazole rings is 1. The van der Waals surface area contributed by atoms with E-state index >= 15 is 0 Å². The average molecular weight is 283 g/mol. The first-order valence-corrected chi connectivity index (χ1v) is 6.41. The molecule has 0 spiro atoms. The molecule has 4 heteroatoms. The number of hydrogen-bond acceptors (Lipinski definition) is 3. The van der Waals surface area contributed by atoms with Gasteiger partial charge in [-0.3, -0.25) is 4.98 Å². The van der Waals surface area contributed by atoms with Crippen molar-refractivity contribution in [1.29, 1.82) is 0 Å². The largest absolute Gasteiger partial charge is 0.253 e. The number of halogens is 1. The van der Waals surface area contributed by atoms with Crippen LogP contribution in [0.4, 0.5) is 0 Å². The van der Waals surface area contributed by atoms with Crippen molar-refractivity contribution in [2.24, 2.45) is 0 Å². The Balaban J connectivity index is 2.33. The van der Waals surface area contributed by atoms with Crippen LogP contribution in [0, 0.1) is 0 Å². The topological polar surface area (TPSA) is 25.8 Å². The smallest absolute Gasteiger partial charge is 0.142 e. The van der Waals surface area contributed by atoms with E-state index in [9.17, 15) is 0 Å². The van der Waals surface area contributed by atoms with Gasteiger partial charge in [0.05, 0.1) is 11.4 Å². The second kappa shape index (κ2) is 4.41. The van der Waals surface area contributed by atoms with Crippen molar-refractivity contribution < 1.29 is 0 Å². The van der Waals surface area contributed by atoms with Crippen molar-refractivity contribution in [1.82, 2.24) is 9.97 Å². The number of pyridine rings is 1. The summed E-state index contributed by atoms with van der Waals surface area (Å²) in [7, 11) is 0. The quantitative estimate of drug-likeness (QED) is 0.829. The van der Waals surface area contributed by atoms with E-state index in [1.807, 2.05) is 12.1 Å². The summed E-state index contributed by atoms with van der Waals surface area (Å²) in [6.45, 7) is 4.29. The van der Waals surface area contributed by atoms with Gasteiger partial charge in [0.15, 0.2) is 0 Å². The first kappa shape index (κ1) is 10.8. The van der Waals surface area contributed by atoms with E-state index in [2.05, 4.69) is 45.1 Å². The molecule has 2 aromatic heterocycles. The van der Waals surface area contributed by atoms with Crippen molar-refractivity contribution in [2.45, 2.75) is 19.8 Å². The van der Waals surface area contributed by atoms with Crippen LogP contribution in [0.2, 0.25) is 0 Å². The van der Waals surface area contributed by atoms with Crippen molar-refractivity contribution in [3.63, 3.8) is 0 Å². The Morgan fingerprint density at radius 3 is 2.67 bits per heavy atom. The zero-order valence-corrected chi connectivity index (χ0v) is 11.0. The molecule has 0 radical (unpaired) electrons. The predicted molar refractivity (Wildman–Crippen MR) is 67.1 cm³/mol. The molecule has 2 aromatic rings. The molecule has 0 saturated carbocycles. The van der Waals surface area contributed by atoms with E-state index in [4.69, 9.17) is 0 Å². The molecule has 2 nitrogen and oxygen atoms in total. The third-order valence-corrected chi connectivity index (χ3v) is 3.41. The fraction of sp³-hybridized carbons (Fsp3) is 0.273. The third-order valence-electron chi connectivity index (χ3n) is 2.06. The molecule has 0 aliphatic heterocycles. The Bertz CT molecular complexity index is 448. The average Bonchev–Trinajstić information content (AvgIpc) is 2.68. The highest BCUT2D eigenvalue weighted by Gasteiger charge is 2.07. The Morgan fingerprint density at radius 2 is 2.13 bits per heavy atom. The molecule has 0 bridgehead atoms. The van der Waals surface area contributed by atoms with Gasteiger partial charge >= 0.3 is 0 Å². The molecule has 0 aliphatic carbocycles.